The normalized spacial score (nSPS) is 19.8. The van der Waals surface area contributed by atoms with E-state index >= 15 is 0 Å². The second kappa shape index (κ2) is 6.83. The monoisotopic (exact) mass is 295 g/mol. The molecule has 0 saturated carbocycles. The first kappa shape index (κ1) is 15.7. The molecule has 1 saturated heterocycles. The van der Waals surface area contributed by atoms with Crippen LogP contribution in [0.15, 0.2) is 12.1 Å². The summed E-state index contributed by atoms with van der Waals surface area (Å²) in [6, 6.07) is 4.25. The van der Waals surface area contributed by atoms with Crippen LogP contribution < -0.4 is 0 Å². The Labute approximate surface area is 125 Å². The van der Waals surface area contributed by atoms with Gasteiger partial charge in [0.15, 0.2) is 5.78 Å². The summed E-state index contributed by atoms with van der Waals surface area (Å²) in [6.45, 7) is 9.56. The van der Waals surface area contributed by atoms with E-state index in [-0.39, 0.29) is 5.54 Å². The minimum absolute atomic E-state index is 0.339. The molecule has 2 heterocycles. The van der Waals surface area contributed by atoms with Crippen LogP contribution in [0.4, 0.5) is 0 Å². The number of carbonyl (C=O) groups is 1. The third-order valence-electron chi connectivity index (χ3n) is 4.40. The van der Waals surface area contributed by atoms with E-state index in [1.807, 2.05) is 0 Å². The first-order chi connectivity index (χ1) is 9.60. The zero-order valence-corrected chi connectivity index (χ0v) is 13.6. The predicted molar refractivity (Wildman–Crippen MR) is 83.5 cm³/mol. The van der Waals surface area contributed by atoms with Gasteiger partial charge in [-0.1, -0.05) is 13.8 Å². The van der Waals surface area contributed by atoms with Crippen molar-refractivity contribution in [2.45, 2.75) is 45.6 Å². The van der Waals surface area contributed by atoms with Gasteiger partial charge in [-0.2, -0.15) is 0 Å². The maximum Gasteiger partial charge on any atom is 0.157 e. The van der Waals surface area contributed by atoms with Crippen molar-refractivity contribution in [3.05, 3.63) is 21.9 Å². The number of ketones is 1. The lowest BCUT2D eigenvalue weighted by atomic mass is 9.88. The number of Topliss-reactive ketones (excluding diaryl/α,β-unsaturated/α-hetero) is 1. The van der Waals surface area contributed by atoms with Gasteiger partial charge in [0.05, 0.1) is 18.8 Å². The number of hydrogen-bond acceptors (Lipinski definition) is 4. The van der Waals surface area contributed by atoms with Crippen LogP contribution in [0.3, 0.4) is 0 Å². The second-order valence-corrected chi connectivity index (χ2v) is 6.80. The topological polar surface area (TPSA) is 29.5 Å². The largest absolute Gasteiger partial charge is 0.379 e. The fraction of sp³-hybridized carbons (Fsp3) is 0.688. The standard InChI is InChI=1S/C16H25NO2S/c1-4-13-6-7-14(20-13)12-15(18)16(3,5-2)17-8-10-19-11-9-17/h6-7H,4-5,8-12H2,1-3H3. The zero-order chi connectivity index (χ0) is 14.6. The molecule has 0 amide bonds. The van der Waals surface area contributed by atoms with E-state index in [1.54, 1.807) is 11.3 Å². The number of ether oxygens (including phenoxy) is 1. The molecule has 1 unspecified atom stereocenters. The molecule has 1 aliphatic heterocycles. The first-order valence-electron chi connectivity index (χ1n) is 7.53. The lowest BCUT2D eigenvalue weighted by Crippen LogP contribution is -2.56. The van der Waals surface area contributed by atoms with Gasteiger partial charge >= 0.3 is 0 Å². The van der Waals surface area contributed by atoms with Crippen molar-refractivity contribution in [2.24, 2.45) is 0 Å². The highest BCUT2D eigenvalue weighted by Gasteiger charge is 2.37. The van der Waals surface area contributed by atoms with Crippen LogP contribution >= 0.6 is 11.3 Å². The fourth-order valence-electron chi connectivity index (χ4n) is 2.71. The molecule has 0 aromatic carbocycles. The van der Waals surface area contributed by atoms with Crippen molar-refractivity contribution in [3.63, 3.8) is 0 Å². The minimum Gasteiger partial charge on any atom is -0.379 e. The molecule has 20 heavy (non-hydrogen) atoms. The van der Waals surface area contributed by atoms with Gasteiger partial charge in [-0.3, -0.25) is 9.69 Å². The number of rotatable bonds is 6. The van der Waals surface area contributed by atoms with Gasteiger partial charge in [0.2, 0.25) is 0 Å². The average Bonchev–Trinajstić information content (AvgIpc) is 2.94. The van der Waals surface area contributed by atoms with Gasteiger partial charge in [0.1, 0.15) is 0 Å². The maximum atomic E-state index is 12.8. The van der Waals surface area contributed by atoms with Gasteiger partial charge in [0.25, 0.3) is 0 Å². The van der Waals surface area contributed by atoms with E-state index < -0.39 is 0 Å². The number of aryl methyl sites for hydroxylation is 1. The lowest BCUT2D eigenvalue weighted by molar-refractivity contribution is -0.133. The molecule has 1 aromatic heterocycles. The van der Waals surface area contributed by atoms with Crippen LogP contribution in [0.25, 0.3) is 0 Å². The van der Waals surface area contributed by atoms with E-state index in [0.29, 0.717) is 12.2 Å². The number of carbonyl (C=O) groups excluding carboxylic acids is 1. The van der Waals surface area contributed by atoms with Gasteiger partial charge < -0.3 is 4.74 Å². The van der Waals surface area contributed by atoms with Gasteiger partial charge in [-0.25, -0.2) is 0 Å². The summed E-state index contributed by atoms with van der Waals surface area (Å²) in [4.78, 5) is 17.6. The van der Waals surface area contributed by atoms with Crippen LogP contribution in [0, 0.1) is 0 Å². The van der Waals surface area contributed by atoms with Gasteiger partial charge in [-0.15, -0.1) is 11.3 Å². The molecule has 1 aliphatic rings. The molecular weight excluding hydrogens is 270 g/mol. The summed E-state index contributed by atoms with van der Waals surface area (Å²) in [5.41, 5.74) is -0.347. The zero-order valence-electron chi connectivity index (χ0n) is 12.8. The number of thiophene rings is 1. The van der Waals surface area contributed by atoms with Crippen molar-refractivity contribution in [1.82, 2.24) is 4.90 Å². The fourth-order valence-corrected chi connectivity index (χ4v) is 3.67. The van der Waals surface area contributed by atoms with E-state index in [0.717, 1.165) is 39.1 Å². The van der Waals surface area contributed by atoms with E-state index in [2.05, 4.69) is 37.8 Å². The molecule has 4 heteroatoms. The molecule has 0 bridgehead atoms. The van der Waals surface area contributed by atoms with E-state index in [4.69, 9.17) is 4.74 Å². The molecule has 0 N–H and O–H groups in total. The number of nitrogens with zero attached hydrogens (tertiary/aromatic N) is 1. The van der Waals surface area contributed by atoms with E-state index in [1.165, 1.54) is 9.75 Å². The number of hydrogen-bond donors (Lipinski definition) is 0. The summed E-state index contributed by atoms with van der Waals surface area (Å²) in [5, 5.41) is 0. The van der Waals surface area contributed by atoms with Crippen LogP contribution in [-0.4, -0.2) is 42.5 Å². The highest BCUT2D eigenvalue weighted by molar-refractivity contribution is 7.12. The third-order valence-corrected chi connectivity index (χ3v) is 5.63. The third kappa shape index (κ3) is 3.30. The van der Waals surface area contributed by atoms with Crippen LogP contribution in [-0.2, 0) is 22.4 Å². The summed E-state index contributed by atoms with van der Waals surface area (Å²) in [6.07, 6.45) is 2.47. The average molecular weight is 295 g/mol. The minimum atomic E-state index is -0.347. The predicted octanol–water partition coefficient (Wildman–Crippen LogP) is 2.92. The van der Waals surface area contributed by atoms with Crippen molar-refractivity contribution in [3.8, 4) is 0 Å². The van der Waals surface area contributed by atoms with Gasteiger partial charge in [-0.05, 0) is 31.9 Å². The molecule has 0 aliphatic carbocycles. The molecule has 0 spiro atoms. The molecule has 2 rings (SSSR count). The molecule has 112 valence electrons. The molecule has 1 fully saturated rings. The SMILES string of the molecule is CCc1ccc(CC(=O)C(C)(CC)N2CCOCC2)s1. The quantitative estimate of drug-likeness (QED) is 0.808. The van der Waals surface area contributed by atoms with Gasteiger partial charge in [0, 0.05) is 29.3 Å². The Morgan fingerprint density at radius 2 is 1.95 bits per heavy atom. The smallest absolute Gasteiger partial charge is 0.157 e. The van der Waals surface area contributed by atoms with E-state index in [9.17, 15) is 4.79 Å². The second-order valence-electron chi connectivity index (χ2n) is 5.55. The first-order valence-corrected chi connectivity index (χ1v) is 8.35. The molecule has 0 radical (unpaired) electrons. The molecule has 1 aromatic rings. The van der Waals surface area contributed by atoms with Crippen molar-refractivity contribution in [1.29, 1.82) is 0 Å². The summed E-state index contributed by atoms with van der Waals surface area (Å²) >= 11 is 1.77. The summed E-state index contributed by atoms with van der Waals surface area (Å²) < 4.78 is 5.40. The maximum absolute atomic E-state index is 12.8. The Bertz CT molecular complexity index is 451. The molecule has 1 atom stereocenters. The van der Waals surface area contributed by atoms with Crippen LogP contribution in [0.2, 0.25) is 0 Å². The van der Waals surface area contributed by atoms with Crippen LogP contribution in [0.1, 0.15) is 36.9 Å². The van der Waals surface area contributed by atoms with Crippen molar-refractivity contribution < 1.29 is 9.53 Å². The Morgan fingerprint density at radius 1 is 1.30 bits per heavy atom. The Morgan fingerprint density at radius 3 is 2.50 bits per heavy atom. The Balaban J connectivity index is 2.07. The highest BCUT2D eigenvalue weighted by atomic mass is 32.1. The number of morpholine rings is 1. The summed E-state index contributed by atoms with van der Waals surface area (Å²) in [5.74, 6) is 0.339. The molecule has 3 nitrogen and oxygen atoms in total. The summed E-state index contributed by atoms with van der Waals surface area (Å²) in [7, 11) is 0. The lowest BCUT2D eigenvalue weighted by Gasteiger charge is -2.41. The van der Waals surface area contributed by atoms with Crippen LogP contribution in [0.5, 0.6) is 0 Å². The highest BCUT2D eigenvalue weighted by Crippen LogP contribution is 2.26. The Hall–Kier alpha value is -0.710. The Kier molecular flexibility index (Phi) is 5.35. The molecular formula is C16H25NO2S. The van der Waals surface area contributed by atoms with Crippen molar-refractivity contribution in [2.75, 3.05) is 26.3 Å². The van der Waals surface area contributed by atoms with Crippen molar-refractivity contribution >= 4 is 17.1 Å².